The Bertz CT molecular complexity index is 708. The minimum Gasteiger partial charge on any atom is -0.478 e. The number of hydrogen-bond donors (Lipinski definition) is 2. The van der Waals surface area contributed by atoms with Gasteiger partial charge in [-0.3, -0.25) is 0 Å². The third-order valence-electron chi connectivity index (χ3n) is 5.89. The molecule has 0 unspecified atom stereocenters. The summed E-state index contributed by atoms with van der Waals surface area (Å²) in [5, 5.41) is 18.3. The maximum absolute atomic E-state index is 12.3. The highest BCUT2D eigenvalue weighted by Crippen LogP contribution is 2.40. The molecule has 2 N–H and O–H groups in total. The lowest BCUT2D eigenvalue weighted by atomic mass is 9.72. The summed E-state index contributed by atoms with van der Waals surface area (Å²) < 4.78 is 5.23. The summed E-state index contributed by atoms with van der Waals surface area (Å²) in [5.74, 6) is -3.34. The third-order valence-corrected chi connectivity index (χ3v) is 5.89. The molecule has 0 fully saturated rings. The molecule has 0 spiro atoms. The Morgan fingerprint density at radius 2 is 1.35 bits per heavy atom. The Balaban J connectivity index is 2.47. The third kappa shape index (κ3) is 8.72. The summed E-state index contributed by atoms with van der Waals surface area (Å²) in [6.07, 6.45) is 12.7. The number of aromatic carboxylic acids is 2. The van der Waals surface area contributed by atoms with Gasteiger partial charge in [-0.05, 0) is 55.7 Å². The van der Waals surface area contributed by atoms with Crippen molar-refractivity contribution in [3.8, 4) is 0 Å². The molecular formula is C25H38O6. The molecular weight excluding hydrogens is 396 g/mol. The average molecular weight is 435 g/mol. The topological polar surface area (TPSA) is 101 Å². The first-order valence-corrected chi connectivity index (χ1v) is 11.6. The van der Waals surface area contributed by atoms with Crippen molar-refractivity contribution in [2.75, 3.05) is 6.61 Å². The predicted molar refractivity (Wildman–Crippen MR) is 121 cm³/mol. The maximum atomic E-state index is 12.3. The van der Waals surface area contributed by atoms with Crippen molar-refractivity contribution >= 4 is 17.9 Å². The molecule has 0 amide bonds. The maximum Gasteiger partial charge on any atom is 0.339 e. The number of esters is 1. The summed E-state index contributed by atoms with van der Waals surface area (Å²) in [7, 11) is 0. The fourth-order valence-electron chi connectivity index (χ4n) is 4.57. The molecule has 31 heavy (non-hydrogen) atoms. The average Bonchev–Trinajstić information content (AvgIpc) is 2.73. The van der Waals surface area contributed by atoms with Crippen LogP contribution in [-0.2, 0) is 4.74 Å². The highest BCUT2D eigenvalue weighted by Gasteiger charge is 2.26. The highest BCUT2D eigenvalue weighted by molar-refractivity contribution is 6.04. The molecule has 6 nitrogen and oxygen atoms in total. The molecule has 0 atom stereocenters. The molecule has 0 aromatic heterocycles. The largest absolute Gasteiger partial charge is 0.478 e. The van der Waals surface area contributed by atoms with Gasteiger partial charge in [-0.2, -0.15) is 0 Å². The molecule has 174 valence electrons. The van der Waals surface area contributed by atoms with Crippen LogP contribution in [0, 0.1) is 5.41 Å². The Kier molecular flexibility index (Phi) is 11.9. The highest BCUT2D eigenvalue weighted by atomic mass is 16.5. The lowest BCUT2D eigenvalue weighted by Gasteiger charge is -2.34. The van der Waals surface area contributed by atoms with E-state index in [0.29, 0.717) is 5.41 Å². The van der Waals surface area contributed by atoms with Gasteiger partial charge in [-0.25, -0.2) is 14.4 Å². The molecule has 0 saturated carbocycles. The summed E-state index contributed by atoms with van der Waals surface area (Å²) in [4.78, 5) is 34.6. The molecule has 0 aliphatic heterocycles. The van der Waals surface area contributed by atoms with Gasteiger partial charge in [0.2, 0.25) is 0 Å². The van der Waals surface area contributed by atoms with Crippen molar-refractivity contribution in [2.45, 2.75) is 91.4 Å². The van der Waals surface area contributed by atoms with Crippen molar-refractivity contribution in [3.63, 3.8) is 0 Å². The van der Waals surface area contributed by atoms with Crippen LogP contribution >= 0.6 is 0 Å². The molecule has 0 aliphatic carbocycles. The van der Waals surface area contributed by atoms with Crippen LogP contribution in [0.2, 0.25) is 0 Å². The van der Waals surface area contributed by atoms with Gasteiger partial charge in [0.15, 0.2) is 0 Å². The number of carbonyl (C=O) groups excluding carboxylic acids is 1. The van der Waals surface area contributed by atoms with E-state index in [-0.39, 0.29) is 23.3 Å². The SMILES string of the molecule is CCCC(CCC)(CCC)CCCCCCOC(=O)c1ccc(C(=O)O)cc1C(=O)O. The van der Waals surface area contributed by atoms with E-state index in [4.69, 9.17) is 9.84 Å². The van der Waals surface area contributed by atoms with Crippen LogP contribution in [0.1, 0.15) is 122 Å². The Morgan fingerprint density at radius 3 is 1.87 bits per heavy atom. The Morgan fingerprint density at radius 1 is 0.774 bits per heavy atom. The van der Waals surface area contributed by atoms with Crippen molar-refractivity contribution in [1.29, 1.82) is 0 Å². The number of carboxylic acid groups (broad SMARTS) is 2. The van der Waals surface area contributed by atoms with E-state index in [1.807, 2.05) is 0 Å². The van der Waals surface area contributed by atoms with E-state index in [9.17, 15) is 19.5 Å². The summed E-state index contributed by atoms with van der Waals surface area (Å²) in [5.41, 5.74) is -0.190. The van der Waals surface area contributed by atoms with E-state index >= 15 is 0 Å². The van der Waals surface area contributed by atoms with Crippen molar-refractivity contribution in [3.05, 3.63) is 34.9 Å². The number of hydrogen-bond acceptors (Lipinski definition) is 4. The Labute approximate surface area is 186 Å². The molecule has 1 aromatic carbocycles. The van der Waals surface area contributed by atoms with Crippen LogP contribution in [-0.4, -0.2) is 34.7 Å². The van der Waals surface area contributed by atoms with E-state index in [2.05, 4.69) is 20.8 Å². The molecule has 0 heterocycles. The number of carboxylic acids is 2. The van der Waals surface area contributed by atoms with Gasteiger partial charge in [-0.15, -0.1) is 0 Å². The smallest absolute Gasteiger partial charge is 0.339 e. The van der Waals surface area contributed by atoms with Crippen LogP contribution < -0.4 is 0 Å². The van der Waals surface area contributed by atoms with Crippen molar-refractivity contribution in [2.24, 2.45) is 5.41 Å². The number of benzene rings is 1. The van der Waals surface area contributed by atoms with Gasteiger partial charge < -0.3 is 14.9 Å². The molecule has 0 radical (unpaired) electrons. The van der Waals surface area contributed by atoms with E-state index < -0.39 is 17.9 Å². The van der Waals surface area contributed by atoms with Gasteiger partial charge in [0.25, 0.3) is 0 Å². The second-order valence-electron chi connectivity index (χ2n) is 8.42. The molecule has 6 heteroatoms. The monoisotopic (exact) mass is 434 g/mol. The quantitative estimate of drug-likeness (QED) is 0.225. The number of rotatable bonds is 16. The zero-order valence-electron chi connectivity index (χ0n) is 19.2. The lowest BCUT2D eigenvalue weighted by molar-refractivity contribution is 0.0486. The van der Waals surface area contributed by atoms with Crippen LogP contribution in [0.3, 0.4) is 0 Å². The van der Waals surface area contributed by atoms with Crippen molar-refractivity contribution < 1.29 is 29.3 Å². The standard InChI is InChI=1S/C25H38O6/c1-4-13-25(14-5-2,15-6-3)16-9-7-8-10-17-31-24(30)20-12-11-19(22(26)27)18-21(20)23(28)29/h11-12,18H,4-10,13-17H2,1-3H3,(H,26,27)(H,28,29). The zero-order valence-corrected chi connectivity index (χ0v) is 19.2. The summed E-state index contributed by atoms with van der Waals surface area (Å²) in [6, 6.07) is 3.39. The van der Waals surface area contributed by atoms with Gasteiger partial charge in [0.05, 0.1) is 23.3 Å². The molecule has 0 aliphatic rings. The first-order valence-electron chi connectivity index (χ1n) is 11.6. The van der Waals surface area contributed by atoms with E-state index in [1.54, 1.807) is 0 Å². The van der Waals surface area contributed by atoms with Gasteiger partial charge in [-0.1, -0.05) is 59.3 Å². The van der Waals surface area contributed by atoms with Gasteiger partial charge in [0, 0.05) is 0 Å². The lowest BCUT2D eigenvalue weighted by Crippen LogP contribution is -2.20. The molecule has 1 rings (SSSR count). The predicted octanol–water partition coefficient (Wildman–Crippen LogP) is 6.58. The first-order chi connectivity index (χ1) is 14.8. The van der Waals surface area contributed by atoms with Crippen molar-refractivity contribution in [1.82, 2.24) is 0 Å². The number of carbonyl (C=O) groups is 3. The summed E-state index contributed by atoms with van der Waals surface area (Å²) >= 11 is 0. The van der Waals surface area contributed by atoms with E-state index in [1.165, 1.54) is 63.5 Å². The normalized spacial score (nSPS) is 11.3. The fourth-order valence-corrected chi connectivity index (χ4v) is 4.57. The van der Waals surface area contributed by atoms with Gasteiger partial charge >= 0.3 is 17.9 Å². The van der Waals surface area contributed by atoms with E-state index in [0.717, 1.165) is 25.3 Å². The van der Waals surface area contributed by atoms with Crippen LogP contribution in [0.5, 0.6) is 0 Å². The second-order valence-corrected chi connectivity index (χ2v) is 8.42. The fraction of sp³-hybridized carbons (Fsp3) is 0.640. The number of unbranched alkanes of at least 4 members (excludes halogenated alkanes) is 3. The number of ether oxygens (including phenoxy) is 1. The summed E-state index contributed by atoms with van der Waals surface area (Å²) in [6.45, 7) is 7.01. The first kappa shape index (κ1) is 26.7. The minimum atomic E-state index is -1.36. The Hall–Kier alpha value is -2.37. The molecule has 1 aromatic rings. The zero-order chi connectivity index (χ0) is 23.3. The molecule has 0 saturated heterocycles. The minimum absolute atomic E-state index is 0.124. The van der Waals surface area contributed by atoms with Gasteiger partial charge in [0.1, 0.15) is 0 Å². The van der Waals surface area contributed by atoms with Crippen LogP contribution in [0.25, 0.3) is 0 Å². The van der Waals surface area contributed by atoms with Crippen LogP contribution in [0.15, 0.2) is 18.2 Å². The second kappa shape index (κ2) is 13.8. The van der Waals surface area contributed by atoms with Crippen LogP contribution in [0.4, 0.5) is 0 Å². The molecule has 0 bridgehead atoms.